The standard InChI is InChI=1S/C20H19BrF3N3O2S/c1-5-30-16-7-12(21)10-26-17(16)15-8-13-14(6-11(9-25-13)20(22,23)24)27(15)18(28)29-19(2,3)4/h6-10H,5H2,1-4H3. The molecular weight excluding hydrogens is 483 g/mol. The smallest absolute Gasteiger partial charge is 0.419 e. The van der Waals surface area contributed by atoms with E-state index in [0.29, 0.717) is 11.4 Å². The number of alkyl halides is 3. The zero-order valence-electron chi connectivity index (χ0n) is 16.7. The first kappa shape index (κ1) is 22.6. The van der Waals surface area contributed by atoms with Crippen molar-refractivity contribution >= 4 is 44.8 Å². The second kappa shape index (κ2) is 8.22. The van der Waals surface area contributed by atoms with Gasteiger partial charge in [-0.05, 0) is 60.7 Å². The molecule has 160 valence electrons. The summed E-state index contributed by atoms with van der Waals surface area (Å²) < 4.78 is 47.1. The van der Waals surface area contributed by atoms with Gasteiger partial charge in [-0.2, -0.15) is 13.2 Å². The second-order valence-corrected chi connectivity index (χ2v) is 9.63. The molecule has 5 nitrogen and oxygen atoms in total. The molecule has 0 fully saturated rings. The Labute approximate surface area is 184 Å². The van der Waals surface area contributed by atoms with Gasteiger partial charge in [-0.25, -0.2) is 9.36 Å². The van der Waals surface area contributed by atoms with Gasteiger partial charge in [0.2, 0.25) is 0 Å². The van der Waals surface area contributed by atoms with Crippen LogP contribution in [0.15, 0.2) is 40.0 Å². The van der Waals surface area contributed by atoms with Gasteiger partial charge in [0.1, 0.15) is 11.3 Å². The maximum Gasteiger partial charge on any atom is 0.419 e. The molecule has 0 atom stereocenters. The molecule has 3 heterocycles. The van der Waals surface area contributed by atoms with E-state index in [1.807, 2.05) is 13.0 Å². The molecule has 10 heteroatoms. The Morgan fingerprint density at radius 2 is 1.87 bits per heavy atom. The van der Waals surface area contributed by atoms with Crippen LogP contribution in [-0.4, -0.2) is 32.0 Å². The molecular formula is C20H19BrF3N3O2S. The van der Waals surface area contributed by atoms with E-state index in [0.717, 1.165) is 32.0 Å². The fraction of sp³-hybridized carbons (Fsp3) is 0.350. The summed E-state index contributed by atoms with van der Waals surface area (Å²) in [5.41, 5.74) is -0.769. The maximum atomic E-state index is 13.3. The minimum Gasteiger partial charge on any atom is -0.443 e. The Hall–Kier alpha value is -2.07. The summed E-state index contributed by atoms with van der Waals surface area (Å²) >= 11 is 4.88. The van der Waals surface area contributed by atoms with Gasteiger partial charge in [0, 0.05) is 21.8 Å². The van der Waals surface area contributed by atoms with E-state index in [9.17, 15) is 18.0 Å². The normalized spacial score (nSPS) is 12.4. The van der Waals surface area contributed by atoms with Crippen molar-refractivity contribution in [3.63, 3.8) is 0 Å². The Bertz CT molecular complexity index is 1110. The van der Waals surface area contributed by atoms with Crippen molar-refractivity contribution in [2.75, 3.05) is 5.75 Å². The van der Waals surface area contributed by atoms with E-state index < -0.39 is 23.4 Å². The van der Waals surface area contributed by atoms with Gasteiger partial charge in [-0.15, -0.1) is 11.8 Å². The molecule has 0 unspecified atom stereocenters. The molecule has 0 aliphatic carbocycles. The van der Waals surface area contributed by atoms with Crippen molar-refractivity contribution in [1.82, 2.24) is 14.5 Å². The Kier molecular flexibility index (Phi) is 6.20. The number of hydrogen-bond acceptors (Lipinski definition) is 5. The van der Waals surface area contributed by atoms with Crippen LogP contribution in [0.5, 0.6) is 0 Å². The number of hydrogen-bond donors (Lipinski definition) is 0. The highest BCUT2D eigenvalue weighted by atomic mass is 79.9. The number of carbonyl (C=O) groups excluding carboxylic acids is 1. The molecule has 0 amide bonds. The first-order valence-corrected chi connectivity index (χ1v) is 10.8. The lowest BCUT2D eigenvalue weighted by Gasteiger charge is -2.21. The third-order valence-corrected chi connectivity index (χ3v) is 5.26. The summed E-state index contributed by atoms with van der Waals surface area (Å²) in [6.45, 7) is 7.03. The lowest BCUT2D eigenvalue weighted by atomic mass is 10.2. The first-order valence-electron chi connectivity index (χ1n) is 9.01. The van der Waals surface area contributed by atoms with E-state index in [1.54, 1.807) is 33.0 Å². The lowest BCUT2D eigenvalue weighted by molar-refractivity contribution is -0.137. The van der Waals surface area contributed by atoms with E-state index in [2.05, 4.69) is 25.9 Å². The van der Waals surface area contributed by atoms with Crippen LogP contribution >= 0.6 is 27.7 Å². The number of halogens is 4. The van der Waals surface area contributed by atoms with Gasteiger partial charge in [-0.1, -0.05) is 6.92 Å². The molecule has 0 radical (unpaired) electrons. The molecule has 0 aliphatic heterocycles. The highest BCUT2D eigenvalue weighted by molar-refractivity contribution is 9.10. The topological polar surface area (TPSA) is 57.0 Å². The van der Waals surface area contributed by atoms with Gasteiger partial charge < -0.3 is 4.74 Å². The number of nitrogens with zero attached hydrogens (tertiary/aromatic N) is 3. The van der Waals surface area contributed by atoms with Crippen molar-refractivity contribution in [2.24, 2.45) is 0 Å². The highest BCUT2D eigenvalue weighted by Gasteiger charge is 2.33. The second-order valence-electron chi connectivity index (χ2n) is 7.40. The molecule has 0 aromatic carbocycles. The number of ether oxygens (including phenoxy) is 1. The van der Waals surface area contributed by atoms with Gasteiger partial charge in [0.15, 0.2) is 0 Å². The van der Waals surface area contributed by atoms with Gasteiger partial charge >= 0.3 is 12.3 Å². The number of rotatable bonds is 3. The predicted molar refractivity (Wildman–Crippen MR) is 114 cm³/mol. The quantitative estimate of drug-likeness (QED) is 0.370. The average molecular weight is 502 g/mol. The minimum atomic E-state index is -4.59. The van der Waals surface area contributed by atoms with Crippen LogP contribution in [0.1, 0.15) is 33.3 Å². The summed E-state index contributed by atoms with van der Waals surface area (Å²) in [5, 5.41) is 0. The molecule has 0 N–H and O–H groups in total. The van der Waals surface area contributed by atoms with Gasteiger partial charge in [-0.3, -0.25) is 9.97 Å². The Morgan fingerprint density at radius 1 is 1.17 bits per heavy atom. The summed E-state index contributed by atoms with van der Waals surface area (Å²) in [6, 6.07) is 4.30. The lowest BCUT2D eigenvalue weighted by Crippen LogP contribution is -2.27. The number of pyridine rings is 2. The van der Waals surface area contributed by atoms with Crippen LogP contribution in [0.4, 0.5) is 18.0 Å². The Morgan fingerprint density at radius 3 is 2.47 bits per heavy atom. The monoisotopic (exact) mass is 501 g/mol. The summed E-state index contributed by atoms with van der Waals surface area (Å²) in [4.78, 5) is 22.1. The molecule has 3 aromatic rings. The van der Waals surface area contributed by atoms with Crippen LogP contribution in [0.25, 0.3) is 22.4 Å². The highest BCUT2D eigenvalue weighted by Crippen LogP contribution is 2.37. The van der Waals surface area contributed by atoms with Crippen LogP contribution in [0, 0.1) is 0 Å². The van der Waals surface area contributed by atoms with Crippen molar-refractivity contribution in [3.05, 3.63) is 40.6 Å². The molecule has 0 saturated carbocycles. The summed E-state index contributed by atoms with van der Waals surface area (Å²) in [6.07, 6.45) is -3.07. The van der Waals surface area contributed by atoms with Crippen molar-refractivity contribution in [2.45, 2.75) is 44.4 Å². The zero-order chi connectivity index (χ0) is 22.3. The number of aromatic nitrogens is 3. The van der Waals surface area contributed by atoms with Crippen molar-refractivity contribution in [1.29, 1.82) is 0 Å². The number of thioether (sulfide) groups is 1. The predicted octanol–water partition coefficient (Wildman–Crippen LogP) is 6.77. The molecule has 0 spiro atoms. The molecule has 3 aromatic heterocycles. The van der Waals surface area contributed by atoms with Crippen molar-refractivity contribution < 1.29 is 22.7 Å². The van der Waals surface area contributed by atoms with Gasteiger partial charge in [0.25, 0.3) is 0 Å². The molecule has 30 heavy (non-hydrogen) atoms. The SMILES string of the molecule is CCSc1cc(Br)cnc1-c1cc2ncc(C(F)(F)F)cc2n1C(=O)OC(C)(C)C. The molecule has 0 saturated heterocycles. The Balaban J connectivity index is 2.31. The maximum absolute atomic E-state index is 13.3. The summed E-state index contributed by atoms with van der Waals surface area (Å²) in [5.74, 6) is 0.744. The van der Waals surface area contributed by atoms with E-state index in [1.165, 1.54) is 11.8 Å². The van der Waals surface area contributed by atoms with E-state index >= 15 is 0 Å². The van der Waals surface area contributed by atoms with E-state index in [-0.39, 0.29) is 11.0 Å². The number of carbonyl (C=O) groups is 1. The third kappa shape index (κ3) is 4.80. The van der Waals surface area contributed by atoms with Crippen LogP contribution in [-0.2, 0) is 10.9 Å². The average Bonchev–Trinajstić information content (AvgIpc) is 2.98. The largest absolute Gasteiger partial charge is 0.443 e. The minimum absolute atomic E-state index is 0.00578. The van der Waals surface area contributed by atoms with Crippen LogP contribution < -0.4 is 0 Å². The van der Waals surface area contributed by atoms with Crippen LogP contribution in [0.3, 0.4) is 0 Å². The first-order chi connectivity index (χ1) is 13.9. The number of fused-ring (bicyclic) bond motifs is 1. The van der Waals surface area contributed by atoms with Gasteiger partial charge in [0.05, 0.1) is 22.3 Å². The molecule has 0 bridgehead atoms. The van der Waals surface area contributed by atoms with Crippen molar-refractivity contribution in [3.8, 4) is 11.4 Å². The fourth-order valence-corrected chi connectivity index (χ4v) is 4.09. The fourth-order valence-electron chi connectivity index (χ4n) is 2.79. The van der Waals surface area contributed by atoms with E-state index in [4.69, 9.17) is 4.74 Å². The van der Waals surface area contributed by atoms with Crippen LogP contribution in [0.2, 0.25) is 0 Å². The zero-order valence-corrected chi connectivity index (χ0v) is 19.1. The summed E-state index contributed by atoms with van der Waals surface area (Å²) in [7, 11) is 0. The molecule has 0 aliphatic rings. The third-order valence-electron chi connectivity index (χ3n) is 3.92. The molecule has 3 rings (SSSR count).